The highest BCUT2D eigenvalue weighted by molar-refractivity contribution is 5.28. The molecule has 3 nitrogen and oxygen atoms in total. The van der Waals surface area contributed by atoms with E-state index in [2.05, 4.69) is 5.32 Å². The van der Waals surface area contributed by atoms with Crippen LogP contribution in [0.1, 0.15) is 18.4 Å². The van der Waals surface area contributed by atoms with Crippen LogP contribution in [-0.2, 0) is 6.42 Å². The summed E-state index contributed by atoms with van der Waals surface area (Å²) in [4.78, 5) is 0. The molecule has 0 bridgehead atoms. The first-order valence-electron chi connectivity index (χ1n) is 5.39. The van der Waals surface area contributed by atoms with Crippen molar-refractivity contribution < 1.29 is 10.2 Å². The molecule has 1 saturated heterocycles. The van der Waals surface area contributed by atoms with E-state index in [-0.39, 0.29) is 5.75 Å². The van der Waals surface area contributed by atoms with Gasteiger partial charge in [-0.05, 0) is 43.6 Å². The van der Waals surface area contributed by atoms with E-state index in [4.69, 9.17) is 0 Å². The maximum Gasteiger partial charge on any atom is 0.115 e. The fourth-order valence-corrected chi connectivity index (χ4v) is 2.12. The fraction of sp³-hybridized carbons (Fsp3) is 0.500. The van der Waals surface area contributed by atoms with Crippen LogP contribution in [0.2, 0.25) is 0 Å². The number of phenols is 1. The smallest absolute Gasteiger partial charge is 0.115 e. The number of aliphatic hydroxyl groups is 1. The predicted molar refractivity (Wildman–Crippen MR) is 58.9 cm³/mol. The topological polar surface area (TPSA) is 52.5 Å². The average Bonchev–Trinajstić information content (AvgIpc) is 2.18. The van der Waals surface area contributed by atoms with Crippen LogP contribution in [0.4, 0.5) is 0 Å². The van der Waals surface area contributed by atoms with Gasteiger partial charge in [-0.15, -0.1) is 0 Å². The van der Waals surface area contributed by atoms with Gasteiger partial charge in [0.1, 0.15) is 5.75 Å². The number of rotatable bonds is 2. The minimum atomic E-state index is -0.598. The van der Waals surface area contributed by atoms with Gasteiger partial charge in [0, 0.05) is 6.42 Å². The Bertz CT molecular complexity index is 332. The van der Waals surface area contributed by atoms with E-state index in [1.54, 1.807) is 12.1 Å². The molecule has 0 aliphatic carbocycles. The van der Waals surface area contributed by atoms with Crippen LogP contribution in [0.5, 0.6) is 5.75 Å². The quantitative estimate of drug-likeness (QED) is 0.679. The minimum absolute atomic E-state index is 0.269. The molecule has 1 aliphatic heterocycles. The Morgan fingerprint density at radius 1 is 1.27 bits per heavy atom. The number of nitrogens with one attached hydrogen (secondary N) is 1. The third-order valence-electron chi connectivity index (χ3n) is 2.98. The van der Waals surface area contributed by atoms with Crippen molar-refractivity contribution in [3.63, 3.8) is 0 Å². The molecule has 0 spiro atoms. The highest BCUT2D eigenvalue weighted by Crippen LogP contribution is 2.24. The Labute approximate surface area is 89.8 Å². The number of phenolic OH excluding ortho intramolecular Hbond substituents is 1. The second-order valence-corrected chi connectivity index (χ2v) is 4.32. The molecular formula is C12H17NO2. The van der Waals surface area contributed by atoms with Gasteiger partial charge in [0.15, 0.2) is 0 Å². The first kappa shape index (κ1) is 10.5. The number of benzene rings is 1. The second kappa shape index (κ2) is 4.21. The number of piperidine rings is 1. The number of aromatic hydroxyl groups is 1. The van der Waals surface area contributed by atoms with Crippen molar-refractivity contribution in [2.24, 2.45) is 0 Å². The van der Waals surface area contributed by atoms with Gasteiger partial charge in [-0.2, -0.15) is 0 Å². The molecule has 2 rings (SSSR count). The van der Waals surface area contributed by atoms with E-state index in [1.807, 2.05) is 12.1 Å². The molecule has 82 valence electrons. The Kier molecular flexibility index (Phi) is 2.93. The van der Waals surface area contributed by atoms with E-state index in [0.717, 1.165) is 31.5 Å². The lowest BCUT2D eigenvalue weighted by atomic mass is 9.86. The maximum absolute atomic E-state index is 10.3. The summed E-state index contributed by atoms with van der Waals surface area (Å²) in [5.41, 5.74) is 0.401. The molecule has 0 aromatic heterocycles. The fourth-order valence-electron chi connectivity index (χ4n) is 2.12. The molecule has 15 heavy (non-hydrogen) atoms. The Hall–Kier alpha value is -1.06. The predicted octanol–water partition coefficient (Wildman–Crippen LogP) is 1.05. The standard InChI is InChI=1S/C12H17NO2/c14-11-3-1-2-10(8-11)9-12(15)4-6-13-7-5-12/h1-3,8,13-15H,4-7,9H2. The normalized spacial score (nSPS) is 20.1. The molecule has 0 saturated carbocycles. The molecule has 1 heterocycles. The summed E-state index contributed by atoms with van der Waals surface area (Å²) in [6.07, 6.45) is 2.19. The second-order valence-electron chi connectivity index (χ2n) is 4.32. The zero-order valence-electron chi connectivity index (χ0n) is 8.74. The molecule has 1 aliphatic rings. The summed E-state index contributed by atoms with van der Waals surface area (Å²) < 4.78 is 0. The van der Waals surface area contributed by atoms with Gasteiger partial charge in [0.25, 0.3) is 0 Å². The summed E-state index contributed by atoms with van der Waals surface area (Å²) in [6, 6.07) is 7.13. The lowest BCUT2D eigenvalue weighted by Crippen LogP contribution is -2.43. The summed E-state index contributed by atoms with van der Waals surface area (Å²) in [6.45, 7) is 1.74. The molecule has 1 aromatic rings. The third kappa shape index (κ3) is 2.70. The van der Waals surface area contributed by atoms with Gasteiger partial charge in [-0.25, -0.2) is 0 Å². The molecule has 3 N–H and O–H groups in total. The van der Waals surface area contributed by atoms with Crippen LogP contribution in [0.15, 0.2) is 24.3 Å². The van der Waals surface area contributed by atoms with Crippen LogP contribution in [0.25, 0.3) is 0 Å². The highest BCUT2D eigenvalue weighted by atomic mass is 16.3. The van der Waals surface area contributed by atoms with Gasteiger partial charge < -0.3 is 15.5 Å². The van der Waals surface area contributed by atoms with Crippen molar-refractivity contribution in [2.75, 3.05) is 13.1 Å². The largest absolute Gasteiger partial charge is 0.508 e. The summed E-state index contributed by atoms with van der Waals surface area (Å²) in [7, 11) is 0. The van der Waals surface area contributed by atoms with Crippen LogP contribution < -0.4 is 5.32 Å². The van der Waals surface area contributed by atoms with Gasteiger partial charge in [0.2, 0.25) is 0 Å². The van der Waals surface area contributed by atoms with E-state index >= 15 is 0 Å². The monoisotopic (exact) mass is 207 g/mol. The molecule has 0 atom stereocenters. The van der Waals surface area contributed by atoms with Crippen molar-refractivity contribution >= 4 is 0 Å². The zero-order valence-corrected chi connectivity index (χ0v) is 8.74. The van der Waals surface area contributed by atoms with Crippen LogP contribution in [0, 0.1) is 0 Å². The van der Waals surface area contributed by atoms with Crippen molar-refractivity contribution in [1.82, 2.24) is 5.32 Å². The third-order valence-corrected chi connectivity index (χ3v) is 2.98. The van der Waals surface area contributed by atoms with Gasteiger partial charge >= 0.3 is 0 Å². The SMILES string of the molecule is Oc1cccc(CC2(O)CCNCC2)c1. The van der Waals surface area contributed by atoms with E-state index in [9.17, 15) is 10.2 Å². The van der Waals surface area contributed by atoms with Gasteiger partial charge in [-0.1, -0.05) is 12.1 Å². The van der Waals surface area contributed by atoms with E-state index < -0.39 is 5.60 Å². The summed E-state index contributed by atoms with van der Waals surface area (Å²) in [5, 5.41) is 22.9. The molecule has 3 heteroatoms. The maximum atomic E-state index is 10.3. The first-order chi connectivity index (χ1) is 7.18. The lowest BCUT2D eigenvalue weighted by molar-refractivity contribution is 0.0108. The molecular weight excluding hydrogens is 190 g/mol. The lowest BCUT2D eigenvalue weighted by Gasteiger charge is -2.32. The zero-order chi connectivity index (χ0) is 10.7. The first-order valence-corrected chi connectivity index (χ1v) is 5.39. The van der Waals surface area contributed by atoms with E-state index in [0.29, 0.717) is 6.42 Å². The molecule has 1 fully saturated rings. The van der Waals surface area contributed by atoms with E-state index in [1.165, 1.54) is 0 Å². The van der Waals surface area contributed by atoms with Crippen LogP contribution >= 0.6 is 0 Å². The van der Waals surface area contributed by atoms with Crippen molar-refractivity contribution in [2.45, 2.75) is 24.9 Å². The Morgan fingerprint density at radius 3 is 2.67 bits per heavy atom. The molecule has 0 unspecified atom stereocenters. The summed E-state index contributed by atoms with van der Waals surface area (Å²) >= 11 is 0. The van der Waals surface area contributed by atoms with Crippen LogP contribution in [-0.4, -0.2) is 28.9 Å². The van der Waals surface area contributed by atoms with Crippen LogP contribution in [0.3, 0.4) is 0 Å². The Morgan fingerprint density at radius 2 is 2.00 bits per heavy atom. The Balaban J connectivity index is 2.06. The highest BCUT2D eigenvalue weighted by Gasteiger charge is 2.29. The average molecular weight is 207 g/mol. The van der Waals surface area contributed by atoms with Gasteiger partial charge in [-0.3, -0.25) is 0 Å². The van der Waals surface area contributed by atoms with Crippen molar-refractivity contribution in [3.8, 4) is 5.75 Å². The molecule has 1 aromatic carbocycles. The van der Waals surface area contributed by atoms with Gasteiger partial charge in [0.05, 0.1) is 5.60 Å². The molecule has 0 radical (unpaired) electrons. The van der Waals surface area contributed by atoms with Crippen molar-refractivity contribution in [1.29, 1.82) is 0 Å². The minimum Gasteiger partial charge on any atom is -0.508 e. The summed E-state index contributed by atoms with van der Waals surface area (Å²) in [5.74, 6) is 0.269. The van der Waals surface area contributed by atoms with Crippen molar-refractivity contribution in [3.05, 3.63) is 29.8 Å². The number of hydrogen-bond donors (Lipinski definition) is 3. The number of hydrogen-bond acceptors (Lipinski definition) is 3. The molecule has 0 amide bonds.